The van der Waals surface area contributed by atoms with Gasteiger partial charge in [-0.1, -0.05) is 17.5 Å². The van der Waals surface area contributed by atoms with Crippen molar-refractivity contribution in [1.29, 1.82) is 0 Å². The molecule has 1 aromatic heterocycles. The number of carbonyl (C=O) groups is 1. The predicted molar refractivity (Wildman–Crippen MR) is 85.3 cm³/mol. The highest BCUT2D eigenvalue weighted by molar-refractivity contribution is 7.91. The summed E-state index contributed by atoms with van der Waals surface area (Å²) in [7, 11) is -3.03. The van der Waals surface area contributed by atoms with E-state index in [4.69, 9.17) is 18.0 Å². The molecule has 0 saturated carbocycles. The maximum absolute atomic E-state index is 12.3. The van der Waals surface area contributed by atoms with E-state index in [1.807, 2.05) is 6.07 Å². The van der Waals surface area contributed by atoms with Gasteiger partial charge in [0.25, 0.3) is 0 Å². The molecule has 1 fully saturated rings. The van der Waals surface area contributed by atoms with E-state index < -0.39 is 9.84 Å². The molecule has 7 heteroatoms. The van der Waals surface area contributed by atoms with Gasteiger partial charge in [-0.15, -0.1) is 17.8 Å². The molecule has 1 aliphatic heterocycles. The molecule has 0 aliphatic carbocycles. The van der Waals surface area contributed by atoms with Gasteiger partial charge in [0.05, 0.1) is 22.4 Å². The van der Waals surface area contributed by atoms with E-state index in [1.165, 1.54) is 16.2 Å². The maximum Gasteiger partial charge on any atom is 0.223 e. The molecule has 1 atom stereocenters. The minimum absolute atomic E-state index is 0.0191. The summed E-state index contributed by atoms with van der Waals surface area (Å²) in [6, 6.07) is 3.41. The van der Waals surface area contributed by atoms with Crippen molar-refractivity contribution in [1.82, 2.24) is 4.90 Å². The predicted octanol–water partition coefficient (Wildman–Crippen LogP) is 1.98. The number of hydrogen-bond acceptors (Lipinski definition) is 4. The second-order valence-electron chi connectivity index (χ2n) is 4.99. The van der Waals surface area contributed by atoms with Gasteiger partial charge >= 0.3 is 0 Å². The zero-order valence-corrected chi connectivity index (χ0v) is 13.8. The number of rotatable bonds is 5. The Hall–Kier alpha value is -1.03. The van der Waals surface area contributed by atoms with Gasteiger partial charge in [0.2, 0.25) is 5.91 Å². The normalized spacial score (nSPS) is 20.1. The van der Waals surface area contributed by atoms with Crippen LogP contribution in [0.1, 0.15) is 17.7 Å². The van der Waals surface area contributed by atoms with Gasteiger partial charge in [-0.3, -0.25) is 4.79 Å². The highest BCUT2D eigenvalue weighted by Crippen LogP contribution is 2.23. The van der Waals surface area contributed by atoms with Gasteiger partial charge in [-0.25, -0.2) is 8.42 Å². The van der Waals surface area contributed by atoms with Gasteiger partial charge in [-0.05, 0) is 25.0 Å². The number of amides is 1. The van der Waals surface area contributed by atoms with E-state index in [-0.39, 0.29) is 30.0 Å². The van der Waals surface area contributed by atoms with Crippen molar-refractivity contribution in [2.75, 3.05) is 18.1 Å². The van der Waals surface area contributed by atoms with Crippen molar-refractivity contribution in [2.45, 2.75) is 25.3 Å². The Labute approximate surface area is 134 Å². The Bertz CT molecular complexity index is 660. The molecular formula is C14H16ClNO3S2. The first-order chi connectivity index (χ1) is 9.91. The first-order valence-corrected chi connectivity index (χ1v) is 9.60. The van der Waals surface area contributed by atoms with Crippen LogP contribution in [0.4, 0.5) is 0 Å². The maximum atomic E-state index is 12.3. The topological polar surface area (TPSA) is 54.5 Å². The monoisotopic (exact) mass is 345 g/mol. The summed E-state index contributed by atoms with van der Waals surface area (Å²) in [4.78, 5) is 14.9. The Morgan fingerprint density at radius 2 is 2.29 bits per heavy atom. The van der Waals surface area contributed by atoms with Crippen LogP contribution in [0.2, 0.25) is 4.34 Å². The van der Waals surface area contributed by atoms with E-state index in [0.717, 1.165) is 4.88 Å². The number of halogens is 1. The Kier molecular flexibility index (Phi) is 5.31. The molecule has 1 unspecified atom stereocenters. The molecule has 0 radical (unpaired) electrons. The molecule has 4 nitrogen and oxygen atoms in total. The second-order valence-corrected chi connectivity index (χ2v) is 9.02. The number of nitrogens with zero attached hydrogens (tertiary/aromatic N) is 1. The van der Waals surface area contributed by atoms with Crippen LogP contribution >= 0.6 is 22.9 Å². The third-order valence-corrected chi connectivity index (χ3v) is 6.49. The zero-order chi connectivity index (χ0) is 15.5. The molecule has 2 heterocycles. The molecule has 1 aromatic rings. The summed E-state index contributed by atoms with van der Waals surface area (Å²) in [6.07, 6.45) is 6.69. The quantitative estimate of drug-likeness (QED) is 0.767. The summed E-state index contributed by atoms with van der Waals surface area (Å²) >= 11 is 7.30. The molecule has 21 heavy (non-hydrogen) atoms. The van der Waals surface area contributed by atoms with Crippen LogP contribution in [0.5, 0.6) is 0 Å². The van der Waals surface area contributed by atoms with Crippen molar-refractivity contribution in [3.63, 3.8) is 0 Å². The molecule has 0 bridgehead atoms. The molecule has 1 aliphatic rings. The largest absolute Gasteiger partial charge is 0.328 e. The van der Waals surface area contributed by atoms with Crippen LogP contribution < -0.4 is 0 Å². The molecule has 2 rings (SSSR count). The third kappa shape index (κ3) is 4.47. The Morgan fingerprint density at radius 3 is 2.81 bits per heavy atom. The smallest absolute Gasteiger partial charge is 0.223 e. The standard InChI is InChI=1S/C14H16ClNO3S2/c1-2-8-16(11-7-9-21(18,19)10-11)14(17)6-4-12-3-5-13(15)20-12/h1,3,5,11H,4,6-10H2. The second kappa shape index (κ2) is 6.82. The summed E-state index contributed by atoms with van der Waals surface area (Å²) in [5.41, 5.74) is 0. The molecule has 114 valence electrons. The van der Waals surface area contributed by atoms with E-state index in [2.05, 4.69) is 5.92 Å². The van der Waals surface area contributed by atoms with Gasteiger partial charge in [0.1, 0.15) is 0 Å². The summed E-state index contributed by atoms with van der Waals surface area (Å²) in [5, 5.41) is 0. The molecule has 1 saturated heterocycles. The molecular weight excluding hydrogens is 330 g/mol. The molecule has 0 spiro atoms. The van der Waals surface area contributed by atoms with Crippen LogP contribution in [-0.2, 0) is 21.1 Å². The fourth-order valence-corrected chi connectivity index (χ4v) is 5.22. The van der Waals surface area contributed by atoms with Crippen LogP contribution in [0.3, 0.4) is 0 Å². The van der Waals surface area contributed by atoms with Crippen molar-refractivity contribution in [3.8, 4) is 12.3 Å². The van der Waals surface area contributed by atoms with E-state index in [9.17, 15) is 13.2 Å². The highest BCUT2D eigenvalue weighted by Gasteiger charge is 2.34. The molecule has 0 aromatic carbocycles. The van der Waals surface area contributed by atoms with E-state index in [0.29, 0.717) is 23.6 Å². The fraction of sp³-hybridized carbons (Fsp3) is 0.500. The minimum Gasteiger partial charge on any atom is -0.328 e. The first kappa shape index (κ1) is 16.3. The van der Waals surface area contributed by atoms with Crippen molar-refractivity contribution < 1.29 is 13.2 Å². The van der Waals surface area contributed by atoms with Crippen molar-refractivity contribution in [3.05, 3.63) is 21.3 Å². The lowest BCUT2D eigenvalue weighted by atomic mass is 10.1. The Balaban J connectivity index is 1.98. The summed E-state index contributed by atoms with van der Waals surface area (Å²) < 4.78 is 23.8. The number of sulfone groups is 1. The van der Waals surface area contributed by atoms with Crippen LogP contribution in [0.15, 0.2) is 12.1 Å². The zero-order valence-electron chi connectivity index (χ0n) is 11.4. The van der Waals surface area contributed by atoms with Crippen LogP contribution in [-0.4, -0.2) is 43.3 Å². The number of carbonyl (C=O) groups excluding carboxylic acids is 1. The third-order valence-electron chi connectivity index (χ3n) is 3.45. The number of hydrogen-bond donors (Lipinski definition) is 0. The van der Waals surface area contributed by atoms with Crippen LogP contribution in [0.25, 0.3) is 0 Å². The lowest BCUT2D eigenvalue weighted by Crippen LogP contribution is -2.41. The van der Waals surface area contributed by atoms with Gasteiger partial charge < -0.3 is 4.90 Å². The average Bonchev–Trinajstić information content (AvgIpc) is 2.99. The number of terminal acetylenes is 1. The highest BCUT2D eigenvalue weighted by atomic mass is 35.5. The lowest BCUT2D eigenvalue weighted by molar-refractivity contribution is -0.132. The van der Waals surface area contributed by atoms with E-state index >= 15 is 0 Å². The van der Waals surface area contributed by atoms with Crippen molar-refractivity contribution in [2.24, 2.45) is 0 Å². The van der Waals surface area contributed by atoms with Gasteiger partial charge in [0.15, 0.2) is 9.84 Å². The summed E-state index contributed by atoms with van der Waals surface area (Å²) in [5.74, 6) is 2.50. The van der Waals surface area contributed by atoms with E-state index in [1.54, 1.807) is 6.07 Å². The average molecular weight is 346 g/mol. The Morgan fingerprint density at radius 1 is 1.52 bits per heavy atom. The fourth-order valence-electron chi connectivity index (χ4n) is 2.40. The van der Waals surface area contributed by atoms with Crippen molar-refractivity contribution >= 4 is 38.7 Å². The minimum atomic E-state index is -3.03. The number of aryl methyl sites for hydroxylation is 1. The van der Waals surface area contributed by atoms with Gasteiger partial charge in [-0.2, -0.15) is 0 Å². The molecule has 1 amide bonds. The SMILES string of the molecule is C#CCN(C(=O)CCc1ccc(Cl)s1)C1CCS(=O)(=O)C1. The molecule has 0 N–H and O–H groups in total. The first-order valence-electron chi connectivity index (χ1n) is 6.59. The van der Waals surface area contributed by atoms with Gasteiger partial charge in [0, 0.05) is 17.3 Å². The van der Waals surface area contributed by atoms with Crippen LogP contribution in [0, 0.1) is 12.3 Å². The summed E-state index contributed by atoms with van der Waals surface area (Å²) in [6.45, 7) is 0.157. The number of thiophene rings is 1. The lowest BCUT2D eigenvalue weighted by Gasteiger charge is -2.26.